The lowest BCUT2D eigenvalue weighted by Crippen LogP contribution is -2.24. The number of aromatic nitrogens is 3. The molecule has 0 saturated carbocycles. The molecule has 5 nitrogen and oxygen atoms in total. The molecule has 88 valence electrons. The number of nitrogens with one attached hydrogen (secondary N) is 1. The SMILES string of the molecule is Cn1ccnc1CNC(=O)c1cncc(Br)c1. The van der Waals surface area contributed by atoms with Gasteiger partial charge in [-0.1, -0.05) is 0 Å². The van der Waals surface area contributed by atoms with Gasteiger partial charge in [-0.2, -0.15) is 0 Å². The molecule has 0 aromatic carbocycles. The zero-order valence-electron chi connectivity index (χ0n) is 9.22. The summed E-state index contributed by atoms with van der Waals surface area (Å²) in [6.07, 6.45) is 6.69. The highest BCUT2D eigenvalue weighted by Gasteiger charge is 2.07. The van der Waals surface area contributed by atoms with Crippen LogP contribution >= 0.6 is 15.9 Å². The van der Waals surface area contributed by atoms with Crippen LogP contribution < -0.4 is 5.32 Å². The lowest BCUT2D eigenvalue weighted by Gasteiger charge is -2.05. The number of pyridine rings is 1. The zero-order chi connectivity index (χ0) is 12.3. The molecule has 2 heterocycles. The molecule has 2 aromatic heterocycles. The number of hydrogen-bond acceptors (Lipinski definition) is 3. The first kappa shape index (κ1) is 11.8. The average molecular weight is 295 g/mol. The van der Waals surface area contributed by atoms with Crippen LogP contribution in [0.5, 0.6) is 0 Å². The number of rotatable bonds is 3. The number of hydrogen-bond donors (Lipinski definition) is 1. The molecule has 0 spiro atoms. The van der Waals surface area contributed by atoms with Gasteiger partial charge in [0.1, 0.15) is 5.82 Å². The van der Waals surface area contributed by atoms with E-state index in [0.717, 1.165) is 10.3 Å². The Morgan fingerprint density at radius 3 is 3.00 bits per heavy atom. The van der Waals surface area contributed by atoms with Gasteiger partial charge in [0.05, 0.1) is 12.1 Å². The van der Waals surface area contributed by atoms with Crippen molar-refractivity contribution in [3.05, 3.63) is 46.7 Å². The van der Waals surface area contributed by atoms with E-state index in [1.165, 1.54) is 6.20 Å². The van der Waals surface area contributed by atoms with Gasteiger partial charge in [0.25, 0.3) is 5.91 Å². The highest BCUT2D eigenvalue weighted by molar-refractivity contribution is 9.10. The molecule has 0 aliphatic rings. The second-order valence-corrected chi connectivity index (χ2v) is 4.44. The maximum Gasteiger partial charge on any atom is 0.253 e. The first-order chi connectivity index (χ1) is 8.16. The van der Waals surface area contributed by atoms with Crippen molar-refractivity contribution in [2.75, 3.05) is 0 Å². The highest BCUT2D eigenvalue weighted by Crippen LogP contribution is 2.09. The van der Waals surface area contributed by atoms with Crippen LogP contribution in [0.3, 0.4) is 0 Å². The van der Waals surface area contributed by atoms with Crippen LogP contribution in [0.4, 0.5) is 0 Å². The second kappa shape index (κ2) is 5.09. The van der Waals surface area contributed by atoms with Crippen LogP contribution in [-0.4, -0.2) is 20.4 Å². The minimum Gasteiger partial charge on any atom is -0.345 e. The first-order valence-corrected chi connectivity index (χ1v) is 5.81. The smallest absolute Gasteiger partial charge is 0.253 e. The molecule has 0 aliphatic heterocycles. The largest absolute Gasteiger partial charge is 0.345 e. The van der Waals surface area contributed by atoms with Gasteiger partial charge in [0.15, 0.2) is 0 Å². The van der Waals surface area contributed by atoms with Crippen molar-refractivity contribution in [3.8, 4) is 0 Å². The Bertz CT molecular complexity index is 538. The molecular weight excluding hydrogens is 284 g/mol. The van der Waals surface area contributed by atoms with E-state index in [9.17, 15) is 4.79 Å². The Balaban J connectivity index is 2.01. The molecule has 0 fully saturated rings. The van der Waals surface area contributed by atoms with Gasteiger partial charge in [0.2, 0.25) is 0 Å². The summed E-state index contributed by atoms with van der Waals surface area (Å²) in [4.78, 5) is 19.9. The summed E-state index contributed by atoms with van der Waals surface area (Å²) >= 11 is 3.27. The van der Waals surface area contributed by atoms with E-state index in [-0.39, 0.29) is 5.91 Å². The molecule has 2 aromatic rings. The summed E-state index contributed by atoms with van der Waals surface area (Å²) in [7, 11) is 1.88. The summed E-state index contributed by atoms with van der Waals surface area (Å²) in [5.74, 6) is 0.642. The van der Waals surface area contributed by atoms with E-state index in [1.54, 1.807) is 18.5 Å². The minimum absolute atomic E-state index is 0.165. The molecule has 2 rings (SSSR count). The fraction of sp³-hybridized carbons (Fsp3) is 0.182. The molecule has 0 radical (unpaired) electrons. The minimum atomic E-state index is -0.165. The van der Waals surface area contributed by atoms with Gasteiger partial charge in [-0.25, -0.2) is 4.98 Å². The third-order valence-electron chi connectivity index (χ3n) is 2.30. The van der Waals surface area contributed by atoms with Gasteiger partial charge >= 0.3 is 0 Å². The van der Waals surface area contributed by atoms with Crippen molar-refractivity contribution < 1.29 is 4.79 Å². The lowest BCUT2D eigenvalue weighted by molar-refractivity contribution is 0.0949. The quantitative estimate of drug-likeness (QED) is 0.933. The number of carbonyl (C=O) groups is 1. The van der Waals surface area contributed by atoms with Crippen molar-refractivity contribution in [3.63, 3.8) is 0 Å². The van der Waals surface area contributed by atoms with Crippen molar-refractivity contribution in [2.24, 2.45) is 7.05 Å². The molecule has 6 heteroatoms. The van der Waals surface area contributed by atoms with Crippen molar-refractivity contribution >= 4 is 21.8 Å². The highest BCUT2D eigenvalue weighted by atomic mass is 79.9. The zero-order valence-corrected chi connectivity index (χ0v) is 10.8. The summed E-state index contributed by atoms with van der Waals surface area (Å²) < 4.78 is 2.64. The number of carbonyl (C=O) groups excluding carboxylic acids is 1. The number of amides is 1. The standard InChI is InChI=1S/C11H11BrN4O/c1-16-3-2-14-10(16)7-15-11(17)8-4-9(12)6-13-5-8/h2-6H,7H2,1H3,(H,15,17). The summed E-state index contributed by atoms with van der Waals surface area (Å²) in [6, 6.07) is 1.72. The van der Waals surface area contributed by atoms with E-state index < -0.39 is 0 Å². The molecule has 0 saturated heterocycles. The van der Waals surface area contributed by atoms with Gasteiger partial charge in [-0.15, -0.1) is 0 Å². The summed E-state index contributed by atoms with van der Waals surface area (Å²) in [5, 5.41) is 2.79. The first-order valence-electron chi connectivity index (χ1n) is 5.02. The Kier molecular flexibility index (Phi) is 3.53. The van der Waals surface area contributed by atoms with Crippen molar-refractivity contribution in [1.29, 1.82) is 0 Å². The number of halogens is 1. The summed E-state index contributed by atoms with van der Waals surface area (Å²) in [6.45, 7) is 0.398. The van der Waals surface area contributed by atoms with Crippen molar-refractivity contribution in [2.45, 2.75) is 6.54 Å². The molecule has 17 heavy (non-hydrogen) atoms. The van der Waals surface area contributed by atoms with Gasteiger partial charge < -0.3 is 9.88 Å². The van der Waals surface area contributed by atoms with E-state index in [0.29, 0.717) is 12.1 Å². The maximum absolute atomic E-state index is 11.8. The van der Waals surface area contributed by atoms with Crippen molar-refractivity contribution in [1.82, 2.24) is 19.9 Å². The van der Waals surface area contributed by atoms with Crippen LogP contribution in [0.25, 0.3) is 0 Å². The van der Waals surface area contributed by atoms with E-state index >= 15 is 0 Å². The van der Waals surface area contributed by atoms with Gasteiger partial charge in [-0.3, -0.25) is 9.78 Å². The van der Waals surface area contributed by atoms with Crippen LogP contribution in [0.1, 0.15) is 16.2 Å². The van der Waals surface area contributed by atoms with Gasteiger partial charge in [0, 0.05) is 36.3 Å². The van der Waals surface area contributed by atoms with Gasteiger partial charge in [-0.05, 0) is 22.0 Å². The number of aryl methyl sites for hydroxylation is 1. The fourth-order valence-electron chi connectivity index (χ4n) is 1.36. The predicted molar refractivity (Wildman–Crippen MR) is 66.3 cm³/mol. The van der Waals surface area contributed by atoms with E-state index in [4.69, 9.17) is 0 Å². The lowest BCUT2D eigenvalue weighted by atomic mass is 10.3. The third kappa shape index (κ3) is 2.91. The molecule has 0 unspecified atom stereocenters. The maximum atomic E-state index is 11.8. The topological polar surface area (TPSA) is 59.8 Å². The molecule has 0 aliphatic carbocycles. The van der Waals surface area contributed by atoms with E-state index in [2.05, 4.69) is 31.2 Å². The van der Waals surface area contributed by atoms with Crippen LogP contribution in [-0.2, 0) is 13.6 Å². The fourth-order valence-corrected chi connectivity index (χ4v) is 1.73. The molecule has 1 amide bonds. The Morgan fingerprint density at radius 2 is 2.35 bits per heavy atom. The summed E-state index contributed by atoms with van der Waals surface area (Å²) in [5.41, 5.74) is 0.522. The normalized spacial score (nSPS) is 10.2. The number of imidazole rings is 1. The van der Waals surface area contributed by atoms with E-state index in [1.807, 2.05) is 17.8 Å². The second-order valence-electron chi connectivity index (χ2n) is 3.53. The van der Waals surface area contributed by atoms with Crippen LogP contribution in [0, 0.1) is 0 Å². The third-order valence-corrected chi connectivity index (χ3v) is 2.73. The van der Waals surface area contributed by atoms with Crippen LogP contribution in [0.2, 0.25) is 0 Å². The Morgan fingerprint density at radius 1 is 1.53 bits per heavy atom. The predicted octanol–water partition coefficient (Wildman–Crippen LogP) is 1.51. The number of nitrogens with zero attached hydrogens (tertiary/aromatic N) is 3. The molecule has 0 bridgehead atoms. The Labute approximate surface area is 107 Å². The molecule has 0 atom stereocenters. The van der Waals surface area contributed by atoms with Crippen LogP contribution in [0.15, 0.2) is 35.3 Å². The molecular formula is C11H11BrN4O. The Hall–Kier alpha value is -1.69. The molecule has 1 N–H and O–H groups in total. The monoisotopic (exact) mass is 294 g/mol. The average Bonchev–Trinajstić information content (AvgIpc) is 2.72.